The maximum absolute atomic E-state index is 10.2. The molecule has 5 nitrogen and oxygen atoms in total. The molecule has 20 heavy (non-hydrogen) atoms. The summed E-state index contributed by atoms with van der Waals surface area (Å²) in [5.41, 5.74) is 8.36. The van der Waals surface area contributed by atoms with Gasteiger partial charge in [-0.3, -0.25) is 0 Å². The SMILES string of the molecule is Cc1nn(C(C)C)c(NCC(O)c2ccccc2)c1N. The van der Waals surface area contributed by atoms with Crippen LogP contribution >= 0.6 is 0 Å². The number of nitrogen functional groups attached to an aromatic ring is 1. The number of aliphatic hydroxyl groups excluding tert-OH is 1. The van der Waals surface area contributed by atoms with Crippen LogP contribution in [-0.4, -0.2) is 21.4 Å². The van der Waals surface area contributed by atoms with E-state index in [2.05, 4.69) is 10.4 Å². The number of rotatable bonds is 5. The molecule has 0 bridgehead atoms. The summed E-state index contributed by atoms with van der Waals surface area (Å²) in [6.45, 7) is 6.37. The fourth-order valence-corrected chi connectivity index (χ4v) is 2.10. The lowest BCUT2D eigenvalue weighted by atomic mass is 10.1. The van der Waals surface area contributed by atoms with Crippen LogP contribution in [0.2, 0.25) is 0 Å². The van der Waals surface area contributed by atoms with Crippen molar-refractivity contribution in [2.24, 2.45) is 0 Å². The van der Waals surface area contributed by atoms with Gasteiger partial charge in [0.05, 0.1) is 17.5 Å². The Bertz CT molecular complexity index is 563. The van der Waals surface area contributed by atoms with Crippen molar-refractivity contribution in [3.63, 3.8) is 0 Å². The molecule has 2 aromatic rings. The zero-order chi connectivity index (χ0) is 14.7. The first-order chi connectivity index (χ1) is 9.50. The van der Waals surface area contributed by atoms with Gasteiger partial charge in [-0.05, 0) is 26.3 Å². The molecule has 1 aromatic carbocycles. The fourth-order valence-electron chi connectivity index (χ4n) is 2.10. The number of hydrogen-bond donors (Lipinski definition) is 3. The summed E-state index contributed by atoms with van der Waals surface area (Å²) in [6.07, 6.45) is -0.577. The number of hydrogen-bond acceptors (Lipinski definition) is 4. The fraction of sp³-hybridized carbons (Fsp3) is 0.400. The van der Waals surface area contributed by atoms with Gasteiger partial charge in [0.25, 0.3) is 0 Å². The Kier molecular flexibility index (Phi) is 4.29. The molecule has 5 heteroatoms. The topological polar surface area (TPSA) is 76.1 Å². The van der Waals surface area contributed by atoms with Gasteiger partial charge in [0.2, 0.25) is 0 Å². The van der Waals surface area contributed by atoms with E-state index in [0.29, 0.717) is 12.2 Å². The Labute approximate surface area is 119 Å². The van der Waals surface area contributed by atoms with Gasteiger partial charge in [-0.25, -0.2) is 4.68 Å². The average molecular weight is 274 g/mol. The predicted molar refractivity (Wildman–Crippen MR) is 81.7 cm³/mol. The van der Waals surface area contributed by atoms with Gasteiger partial charge in [-0.2, -0.15) is 5.10 Å². The molecule has 0 saturated carbocycles. The minimum absolute atomic E-state index is 0.211. The maximum atomic E-state index is 10.2. The molecule has 0 aliphatic heterocycles. The van der Waals surface area contributed by atoms with E-state index in [-0.39, 0.29) is 6.04 Å². The highest BCUT2D eigenvalue weighted by Crippen LogP contribution is 2.26. The Morgan fingerprint density at radius 3 is 2.55 bits per heavy atom. The lowest BCUT2D eigenvalue weighted by Gasteiger charge is -2.16. The molecule has 0 aliphatic carbocycles. The lowest BCUT2D eigenvalue weighted by molar-refractivity contribution is 0.191. The van der Waals surface area contributed by atoms with Crippen LogP contribution in [0.15, 0.2) is 30.3 Å². The van der Waals surface area contributed by atoms with Crippen molar-refractivity contribution >= 4 is 11.5 Å². The van der Waals surface area contributed by atoms with E-state index >= 15 is 0 Å². The molecule has 1 heterocycles. The molecule has 1 atom stereocenters. The zero-order valence-corrected chi connectivity index (χ0v) is 12.2. The number of aromatic nitrogens is 2. The molecule has 2 rings (SSSR count). The van der Waals surface area contributed by atoms with Crippen LogP contribution in [0, 0.1) is 6.92 Å². The smallest absolute Gasteiger partial charge is 0.148 e. The standard InChI is InChI=1S/C15H22N4O/c1-10(2)19-15(14(16)11(3)18-19)17-9-13(20)12-7-5-4-6-8-12/h4-8,10,13,17,20H,9,16H2,1-3H3. The summed E-state index contributed by atoms with van der Waals surface area (Å²) < 4.78 is 1.85. The Morgan fingerprint density at radius 1 is 1.30 bits per heavy atom. The summed E-state index contributed by atoms with van der Waals surface area (Å²) in [6, 6.07) is 9.77. The van der Waals surface area contributed by atoms with Gasteiger partial charge in [0.15, 0.2) is 0 Å². The van der Waals surface area contributed by atoms with Crippen LogP contribution in [0.1, 0.15) is 37.3 Å². The van der Waals surface area contributed by atoms with E-state index in [1.807, 2.05) is 55.8 Å². The molecule has 1 aromatic heterocycles. The van der Waals surface area contributed by atoms with Crippen LogP contribution in [0.25, 0.3) is 0 Å². The van der Waals surface area contributed by atoms with Crippen molar-refractivity contribution in [2.45, 2.75) is 32.9 Å². The second kappa shape index (κ2) is 5.96. The quantitative estimate of drug-likeness (QED) is 0.783. The Balaban J connectivity index is 2.11. The Hall–Kier alpha value is -2.01. The zero-order valence-electron chi connectivity index (χ0n) is 12.2. The van der Waals surface area contributed by atoms with Crippen molar-refractivity contribution in [3.8, 4) is 0 Å². The molecular weight excluding hydrogens is 252 g/mol. The third-order valence-corrected chi connectivity index (χ3v) is 3.27. The van der Waals surface area contributed by atoms with E-state index in [1.54, 1.807) is 0 Å². The molecule has 1 unspecified atom stereocenters. The molecule has 108 valence electrons. The van der Waals surface area contributed by atoms with Gasteiger partial charge in [-0.15, -0.1) is 0 Å². The average Bonchev–Trinajstić information content (AvgIpc) is 2.73. The normalized spacial score (nSPS) is 12.7. The summed E-state index contributed by atoms with van der Waals surface area (Å²) in [7, 11) is 0. The molecule has 0 saturated heterocycles. The van der Waals surface area contributed by atoms with Crippen LogP contribution in [0.5, 0.6) is 0 Å². The van der Waals surface area contributed by atoms with Crippen molar-refractivity contribution in [3.05, 3.63) is 41.6 Å². The Morgan fingerprint density at radius 2 is 1.95 bits per heavy atom. The van der Waals surface area contributed by atoms with E-state index in [9.17, 15) is 5.11 Å². The third-order valence-electron chi connectivity index (χ3n) is 3.27. The number of aliphatic hydroxyl groups is 1. The van der Waals surface area contributed by atoms with Crippen LogP contribution < -0.4 is 11.1 Å². The number of nitrogens with two attached hydrogens (primary N) is 1. The van der Waals surface area contributed by atoms with Crippen LogP contribution in [-0.2, 0) is 0 Å². The first-order valence-corrected chi connectivity index (χ1v) is 6.82. The molecule has 0 spiro atoms. The van der Waals surface area contributed by atoms with Crippen LogP contribution in [0.3, 0.4) is 0 Å². The number of nitrogens with one attached hydrogen (secondary N) is 1. The number of benzene rings is 1. The highest BCUT2D eigenvalue weighted by Gasteiger charge is 2.16. The van der Waals surface area contributed by atoms with Gasteiger partial charge in [0, 0.05) is 12.6 Å². The summed E-state index contributed by atoms with van der Waals surface area (Å²) >= 11 is 0. The largest absolute Gasteiger partial charge is 0.394 e. The monoisotopic (exact) mass is 274 g/mol. The molecule has 4 N–H and O–H groups in total. The minimum atomic E-state index is -0.577. The maximum Gasteiger partial charge on any atom is 0.148 e. The highest BCUT2D eigenvalue weighted by molar-refractivity contribution is 5.65. The van der Waals surface area contributed by atoms with Crippen molar-refractivity contribution in [1.82, 2.24) is 9.78 Å². The van der Waals surface area contributed by atoms with E-state index in [4.69, 9.17) is 5.73 Å². The molecule has 0 aliphatic rings. The molecular formula is C15H22N4O. The first-order valence-electron chi connectivity index (χ1n) is 6.82. The van der Waals surface area contributed by atoms with Crippen molar-refractivity contribution in [2.75, 3.05) is 17.6 Å². The lowest BCUT2D eigenvalue weighted by Crippen LogP contribution is -2.16. The molecule has 0 amide bonds. The van der Waals surface area contributed by atoms with Gasteiger partial charge >= 0.3 is 0 Å². The minimum Gasteiger partial charge on any atom is -0.394 e. The first kappa shape index (κ1) is 14.4. The second-order valence-electron chi connectivity index (χ2n) is 5.19. The van der Waals surface area contributed by atoms with Crippen molar-refractivity contribution < 1.29 is 5.11 Å². The second-order valence-corrected chi connectivity index (χ2v) is 5.19. The molecule has 0 radical (unpaired) electrons. The van der Waals surface area contributed by atoms with Gasteiger partial charge in [0.1, 0.15) is 5.82 Å². The highest BCUT2D eigenvalue weighted by atomic mass is 16.3. The van der Waals surface area contributed by atoms with E-state index < -0.39 is 6.10 Å². The number of nitrogens with zero attached hydrogens (tertiary/aromatic N) is 2. The molecule has 0 fully saturated rings. The van der Waals surface area contributed by atoms with Crippen molar-refractivity contribution in [1.29, 1.82) is 0 Å². The van der Waals surface area contributed by atoms with E-state index in [0.717, 1.165) is 17.1 Å². The van der Waals surface area contributed by atoms with Gasteiger partial charge < -0.3 is 16.2 Å². The van der Waals surface area contributed by atoms with Crippen LogP contribution in [0.4, 0.5) is 11.5 Å². The summed E-state index contributed by atoms with van der Waals surface area (Å²) in [5.74, 6) is 0.771. The summed E-state index contributed by atoms with van der Waals surface area (Å²) in [4.78, 5) is 0. The van der Waals surface area contributed by atoms with E-state index in [1.165, 1.54) is 0 Å². The third kappa shape index (κ3) is 2.93. The number of aryl methyl sites for hydroxylation is 1. The predicted octanol–water partition coefficient (Wildman–Crippen LogP) is 2.50. The number of anilines is 2. The summed E-state index contributed by atoms with van der Waals surface area (Å²) in [5, 5.41) is 17.8. The van der Waals surface area contributed by atoms with Gasteiger partial charge in [-0.1, -0.05) is 30.3 Å².